The van der Waals surface area contributed by atoms with Gasteiger partial charge in [0.05, 0.1) is 30.6 Å². The van der Waals surface area contributed by atoms with Crippen molar-refractivity contribution in [1.29, 1.82) is 0 Å². The van der Waals surface area contributed by atoms with Crippen molar-refractivity contribution in [3.63, 3.8) is 0 Å². The third kappa shape index (κ3) is 7.19. The maximum absolute atomic E-state index is 13.5. The molecule has 4 bridgehead atoms. The Labute approximate surface area is 242 Å². The Kier molecular flexibility index (Phi) is 8.57. The van der Waals surface area contributed by atoms with Crippen molar-refractivity contribution in [3.8, 4) is 5.88 Å². The number of hydrogen-bond acceptors (Lipinski definition) is 6. The standard InChI is InChI=1S/C32H44N4O5/c1-21(2)18-41-30-26(29(38)34-28-24-12-23-13-25(28)16-32(39,14-23)15-24)17-33-36(30)11-10-31(3,4)35-27(37)20-40-19-22-8-6-5-7-9-22/h5-11,17,21,23-25,28,39H,12-16,18-20H2,1-4H3,(H,34,38)(H,35,37)/b11-10+. The molecule has 6 rings (SSSR count). The quantitative estimate of drug-likeness (QED) is 0.357. The summed E-state index contributed by atoms with van der Waals surface area (Å²) in [6.45, 7) is 8.60. The van der Waals surface area contributed by atoms with Crippen LogP contribution in [0.4, 0.5) is 0 Å². The summed E-state index contributed by atoms with van der Waals surface area (Å²) >= 11 is 0. The molecule has 2 amide bonds. The molecule has 9 nitrogen and oxygen atoms in total. The van der Waals surface area contributed by atoms with Crippen LogP contribution in [0.3, 0.4) is 0 Å². The summed E-state index contributed by atoms with van der Waals surface area (Å²) in [6.07, 6.45) is 9.66. The Bertz CT molecular complexity index is 1240. The van der Waals surface area contributed by atoms with Crippen LogP contribution in [-0.4, -0.2) is 57.1 Å². The van der Waals surface area contributed by atoms with Gasteiger partial charge in [-0.1, -0.05) is 44.2 Å². The van der Waals surface area contributed by atoms with Crippen LogP contribution >= 0.6 is 0 Å². The number of benzene rings is 1. The van der Waals surface area contributed by atoms with Gasteiger partial charge in [0, 0.05) is 12.2 Å². The summed E-state index contributed by atoms with van der Waals surface area (Å²) in [5.74, 6) is 1.40. The van der Waals surface area contributed by atoms with E-state index in [4.69, 9.17) is 9.47 Å². The molecule has 4 fully saturated rings. The fourth-order valence-electron chi connectivity index (χ4n) is 6.98. The van der Waals surface area contributed by atoms with Gasteiger partial charge in [-0.3, -0.25) is 9.59 Å². The molecule has 4 aliphatic carbocycles. The summed E-state index contributed by atoms with van der Waals surface area (Å²) in [7, 11) is 0. The van der Waals surface area contributed by atoms with Gasteiger partial charge in [-0.15, -0.1) is 0 Å². The number of hydrogen-bond donors (Lipinski definition) is 3. The number of nitrogens with zero attached hydrogens (tertiary/aromatic N) is 2. The van der Waals surface area contributed by atoms with Gasteiger partial charge in [0.15, 0.2) is 0 Å². The Morgan fingerprint density at radius 3 is 2.54 bits per heavy atom. The smallest absolute Gasteiger partial charge is 0.258 e. The molecule has 222 valence electrons. The van der Waals surface area contributed by atoms with Crippen molar-refractivity contribution >= 4 is 18.0 Å². The summed E-state index contributed by atoms with van der Waals surface area (Å²) in [5.41, 5.74) is 0.152. The zero-order valence-electron chi connectivity index (χ0n) is 24.6. The summed E-state index contributed by atoms with van der Waals surface area (Å²) in [4.78, 5) is 26.1. The van der Waals surface area contributed by atoms with Crippen molar-refractivity contribution in [2.24, 2.45) is 23.7 Å². The molecule has 1 aromatic heterocycles. The lowest BCUT2D eigenvalue weighted by atomic mass is 9.52. The normalized spacial score (nSPS) is 27.0. The van der Waals surface area contributed by atoms with Crippen LogP contribution in [0.5, 0.6) is 5.88 Å². The lowest BCUT2D eigenvalue weighted by Gasteiger charge is -2.58. The first-order chi connectivity index (χ1) is 19.5. The van der Waals surface area contributed by atoms with Crippen molar-refractivity contribution < 1.29 is 24.2 Å². The highest BCUT2D eigenvalue weighted by Gasteiger charge is 2.55. The number of ether oxygens (including phenoxy) is 2. The highest BCUT2D eigenvalue weighted by molar-refractivity contribution is 5.96. The Balaban J connectivity index is 1.23. The van der Waals surface area contributed by atoms with Crippen LogP contribution in [0.15, 0.2) is 42.6 Å². The molecule has 2 unspecified atom stereocenters. The van der Waals surface area contributed by atoms with Crippen LogP contribution in [0.2, 0.25) is 0 Å². The number of aliphatic hydroxyl groups is 1. The number of amides is 2. The van der Waals surface area contributed by atoms with E-state index in [0.29, 0.717) is 42.4 Å². The molecule has 0 saturated heterocycles. The van der Waals surface area contributed by atoms with E-state index in [1.807, 2.05) is 64.1 Å². The van der Waals surface area contributed by atoms with Gasteiger partial charge in [0.25, 0.3) is 5.91 Å². The molecular weight excluding hydrogens is 520 g/mol. The third-order valence-electron chi connectivity index (χ3n) is 8.53. The molecule has 0 radical (unpaired) electrons. The van der Waals surface area contributed by atoms with Gasteiger partial charge < -0.3 is 25.2 Å². The van der Waals surface area contributed by atoms with Crippen LogP contribution in [0.1, 0.15) is 75.7 Å². The molecule has 3 N–H and O–H groups in total. The van der Waals surface area contributed by atoms with Gasteiger partial charge in [-0.25, -0.2) is 4.68 Å². The number of rotatable bonds is 12. The molecule has 0 aliphatic heterocycles. The van der Waals surface area contributed by atoms with E-state index < -0.39 is 11.1 Å². The second-order valence-corrected chi connectivity index (χ2v) is 13.3. The topological polar surface area (TPSA) is 115 Å². The lowest BCUT2D eigenvalue weighted by molar-refractivity contribution is -0.137. The monoisotopic (exact) mass is 564 g/mol. The summed E-state index contributed by atoms with van der Waals surface area (Å²) < 4.78 is 13.2. The van der Waals surface area contributed by atoms with Crippen LogP contribution in [0.25, 0.3) is 6.20 Å². The molecule has 0 spiro atoms. The van der Waals surface area contributed by atoms with E-state index in [1.165, 1.54) is 0 Å². The fourth-order valence-corrected chi connectivity index (χ4v) is 6.98. The first-order valence-electron chi connectivity index (χ1n) is 14.9. The average molecular weight is 565 g/mol. The maximum Gasteiger partial charge on any atom is 0.258 e. The van der Waals surface area contributed by atoms with E-state index in [2.05, 4.69) is 15.7 Å². The van der Waals surface area contributed by atoms with Gasteiger partial charge in [-0.2, -0.15) is 5.10 Å². The number of carbonyl (C=O) groups excluding carboxylic acids is 2. The predicted molar refractivity (Wildman–Crippen MR) is 156 cm³/mol. The Morgan fingerprint density at radius 2 is 1.88 bits per heavy atom. The van der Waals surface area contributed by atoms with Gasteiger partial charge in [-0.05, 0) is 81.3 Å². The van der Waals surface area contributed by atoms with Crippen molar-refractivity contribution in [2.75, 3.05) is 13.2 Å². The molecule has 4 aliphatic rings. The van der Waals surface area contributed by atoms with E-state index in [0.717, 1.165) is 37.7 Å². The van der Waals surface area contributed by atoms with E-state index in [1.54, 1.807) is 17.1 Å². The van der Waals surface area contributed by atoms with Gasteiger partial charge in [0.1, 0.15) is 12.2 Å². The van der Waals surface area contributed by atoms with E-state index >= 15 is 0 Å². The number of nitrogens with one attached hydrogen (secondary N) is 2. The van der Waals surface area contributed by atoms with Crippen molar-refractivity contribution in [3.05, 3.63) is 53.7 Å². The number of aromatic nitrogens is 2. The zero-order valence-corrected chi connectivity index (χ0v) is 24.6. The average Bonchev–Trinajstić information content (AvgIpc) is 3.30. The van der Waals surface area contributed by atoms with Crippen molar-refractivity contribution in [2.45, 2.75) is 83.6 Å². The highest BCUT2D eigenvalue weighted by Crippen LogP contribution is 2.55. The highest BCUT2D eigenvalue weighted by atomic mass is 16.5. The van der Waals surface area contributed by atoms with Crippen LogP contribution < -0.4 is 15.4 Å². The maximum atomic E-state index is 13.5. The molecule has 2 aromatic rings. The molecule has 41 heavy (non-hydrogen) atoms. The molecule has 9 heteroatoms. The molecule has 2 atom stereocenters. The second kappa shape index (κ2) is 12.0. The van der Waals surface area contributed by atoms with Gasteiger partial charge in [0.2, 0.25) is 11.8 Å². The predicted octanol–water partition coefficient (Wildman–Crippen LogP) is 4.17. The molecular formula is C32H44N4O5. The van der Waals surface area contributed by atoms with Crippen molar-refractivity contribution in [1.82, 2.24) is 20.4 Å². The van der Waals surface area contributed by atoms with Gasteiger partial charge >= 0.3 is 0 Å². The number of carbonyl (C=O) groups is 2. The SMILES string of the molecule is CC(C)COc1c(C(=O)NC2C3CC4CC2CC(O)(C4)C3)cnn1/C=C/C(C)(C)NC(=O)COCc1ccccc1. The lowest BCUT2D eigenvalue weighted by Crippen LogP contribution is -2.61. The first-order valence-corrected chi connectivity index (χ1v) is 14.9. The van der Waals surface area contributed by atoms with E-state index in [9.17, 15) is 14.7 Å². The molecule has 4 saturated carbocycles. The van der Waals surface area contributed by atoms with Crippen LogP contribution in [0, 0.1) is 23.7 Å². The summed E-state index contributed by atoms with van der Waals surface area (Å²) in [5, 5.41) is 21.6. The Morgan fingerprint density at radius 1 is 1.17 bits per heavy atom. The first kappa shape index (κ1) is 29.3. The fraction of sp³-hybridized carbons (Fsp3) is 0.594. The minimum absolute atomic E-state index is 0.0533. The largest absolute Gasteiger partial charge is 0.477 e. The molecule has 1 heterocycles. The van der Waals surface area contributed by atoms with E-state index in [-0.39, 0.29) is 30.4 Å². The van der Waals surface area contributed by atoms with Crippen LogP contribution in [-0.2, 0) is 16.1 Å². The Hall–Kier alpha value is -3.17. The second-order valence-electron chi connectivity index (χ2n) is 13.3. The zero-order chi connectivity index (χ0) is 29.2. The minimum Gasteiger partial charge on any atom is -0.477 e. The molecule has 1 aromatic carbocycles. The third-order valence-corrected chi connectivity index (χ3v) is 8.53. The summed E-state index contributed by atoms with van der Waals surface area (Å²) in [6, 6.07) is 9.78. The minimum atomic E-state index is -0.697.